The second-order valence-corrected chi connectivity index (χ2v) is 6.80. The summed E-state index contributed by atoms with van der Waals surface area (Å²) in [7, 11) is 1.20. The Morgan fingerprint density at radius 3 is 2.67 bits per heavy atom. The van der Waals surface area contributed by atoms with Gasteiger partial charge in [0.1, 0.15) is 5.75 Å². The molecule has 154 valence electrons. The van der Waals surface area contributed by atoms with E-state index < -0.39 is 17.8 Å². The zero-order valence-corrected chi connectivity index (χ0v) is 16.0. The molecule has 0 saturated heterocycles. The van der Waals surface area contributed by atoms with Crippen molar-refractivity contribution in [3.8, 4) is 16.9 Å². The topological polar surface area (TPSA) is 54.5 Å². The molecule has 5 nitrogen and oxygen atoms in total. The van der Waals surface area contributed by atoms with Gasteiger partial charge in [0.15, 0.2) is 0 Å². The number of ether oxygens (including phenoxy) is 1. The number of anilines is 2. The zero-order chi connectivity index (χ0) is 21.3. The largest absolute Gasteiger partial charge is 0.496 e. The maximum Gasteiger partial charge on any atom is 0.420 e. The molecule has 0 aliphatic carbocycles. The van der Waals surface area contributed by atoms with Gasteiger partial charge in [-0.2, -0.15) is 13.2 Å². The highest BCUT2D eigenvalue weighted by atomic mass is 19.4. The first-order valence-electron chi connectivity index (χ1n) is 9.24. The molecule has 0 atom stereocenters. The molecule has 1 aliphatic rings. The number of nitrogens with zero attached hydrogens (tertiary/aromatic N) is 2. The SMILES string of the molecule is COc1cc2c(cc1C(F)(F)F)N(C(=O)Nc1ccccc1-c1cccnc1)CC2. The molecule has 4 rings (SSSR count). The summed E-state index contributed by atoms with van der Waals surface area (Å²) in [6.45, 7) is 0.278. The van der Waals surface area contributed by atoms with Gasteiger partial charge >= 0.3 is 12.2 Å². The quantitative estimate of drug-likeness (QED) is 0.628. The summed E-state index contributed by atoms with van der Waals surface area (Å²) in [6, 6.07) is 12.7. The summed E-state index contributed by atoms with van der Waals surface area (Å²) in [6.07, 6.45) is -0.810. The third kappa shape index (κ3) is 3.68. The fraction of sp³-hybridized carbons (Fsp3) is 0.182. The lowest BCUT2D eigenvalue weighted by Crippen LogP contribution is -2.33. The van der Waals surface area contributed by atoms with Crippen LogP contribution in [0.25, 0.3) is 11.1 Å². The molecule has 0 radical (unpaired) electrons. The van der Waals surface area contributed by atoms with Gasteiger partial charge in [-0.15, -0.1) is 0 Å². The predicted octanol–water partition coefficient (Wildman–Crippen LogP) is 5.37. The Balaban J connectivity index is 1.65. The highest BCUT2D eigenvalue weighted by molar-refractivity contribution is 6.05. The van der Waals surface area contributed by atoms with Gasteiger partial charge in [-0.3, -0.25) is 9.88 Å². The molecule has 1 N–H and O–H groups in total. The number of halogens is 3. The fourth-order valence-electron chi connectivity index (χ4n) is 3.56. The van der Waals surface area contributed by atoms with E-state index >= 15 is 0 Å². The number of amides is 2. The lowest BCUT2D eigenvalue weighted by atomic mass is 10.1. The number of urea groups is 1. The molecule has 1 aromatic heterocycles. The Morgan fingerprint density at radius 2 is 1.97 bits per heavy atom. The minimum atomic E-state index is -4.59. The third-order valence-electron chi connectivity index (χ3n) is 4.99. The van der Waals surface area contributed by atoms with Crippen molar-refractivity contribution < 1.29 is 22.7 Å². The summed E-state index contributed by atoms with van der Waals surface area (Å²) in [4.78, 5) is 18.4. The molecule has 2 amide bonds. The number of carbonyl (C=O) groups excluding carboxylic acids is 1. The van der Waals surface area contributed by atoms with Crippen LogP contribution in [0.1, 0.15) is 11.1 Å². The van der Waals surface area contributed by atoms with Crippen LogP contribution in [0.15, 0.2) is 60.9 Å². The number of benzene rings is 2. The second kappa shape index (κ2) is 7.70. The molecule has 0 saturated carbocycles. The van der Waals surface area contributed by atoms with Gasteiger partial charge in [-0.25, -0.2) is 4.79 Å². The molecule has 0 fully saturated rings. The fourth-order valence-corrected chi connectivity index (χ4v) is 3.56. The average Bonchev–Trinajstić information content (AvgIpc) is 3.16. The average molecular weight is 413 g/mol. The summed E-state index contributed by atoms with van der Waals surface area (Å²) in [5.41, 5.74) is 2.10. The summed E-state index contributed by atoms with van der Waals surface area (Å²) in [5.74, 6) is -0.245. The smallest absolute Gasteiger partial charge is 0.420 e. The maximum absolute atomic E-state index is 13.4. The summed E-state index contributed by atoms with van der Waals surface area (Å²) >= 11 is 0. The van der Waals surface area contributed by atoms with E-state index in [1.807, 2.05) is 18.2 Å². The predicted molar refractivity (Wildman–Crippen MR) is 108 cm³/mol. The molecule has 0 unspecified atom stereocenters. The van der Waals surface area contributed by atoms with Gasteiger partial charge in [-0.1, -0.05) is 24.3 Å². The number of para-hydroxylation sites is 1. The highest BCUT2D eigenvalue weighted by Crippen LogP contribution is 2.42. The van der Waals surface area contributed by atoms with E-state index in [9.17, 15) is 18.0 Å². The molecule has 30 heavy (non-hydrogen) atoms. The number of aromatic nitrogens is 1. The minimum absolute atomic E-state index is 0.236. The first-order chi connectivity index (χ1) is 14.4. The van der Waals surface area contributed by atoms with Crippen molar-refractivity contribution >= 4 is 17.4 Å². The number of nitrogens with one attached hydrogen (secondary N) is 1. The van der Waals surface area contributed by atoms with Gasteiger partial charge in [0.25, 0.3) is 0 Å². The van der Waals surface area contributed by atoms with Crippen LogP contribution in [-0.4, -0.2) is 24.7 Å². The molecule has 0 spiro atoms. The van der Waals surface area contributed by atoms with E-state index in [-0.39, 0.29) is 18.0 Å². The van der Waals surface area contributed by atoms with E-state index in [1.165, 1.54) is 18.1 Å². The lowest BCUT2D eigenvalue weighted by molar-refractivity contribution is -0.138. The highest BCUT2D eigenvalue weighted by Gasteiger charge is 2.37. The number of hydrogen-bond acceptors (Lipinski definition) is 3. The van der Waals surface area contributed by atoms with Crippen molar-refractivity contribution in [2.24, 2.45) is 0 Å². The standard InChI is InChI=1S/C22H18F3N3O2/c1-30-20-11-14-8-10-28(19(14)12-17(20)22(23,24)25)21(29)27-18-7-3-2-6-16(18)15-5-4-9-26-13-15/h2-7,9,11-13H,8,10H2,1H3,(H,27,29). The Bertz CT molecular complexity index is 1080. The van der Waals surface area contributed by atoms with E-state index in [0.29, 0.717) is 17.7 Å². The number of hydrogen-bond donors (Lipinski definition) is 1. The van der Waals surface area contributed by atoms with Crippen molar-refractivity contribution in [3.05, 3.63) is 72.1 Å². The van der Waals surface area contributed by atoms with Gasteiger partial charge in [0.05, 0.1) is 18.4 Å². The van der Waals surface area contributed by atoms with Crippen molar-refractivity contribution in [2.45, 2.75) is 12.6 Å². The van der Waals surface area contributed by atoms with E-state index in [4.69, 9.17) is 4.74 Å². The van der Waals surface area contributed by atoms with E-state index in [1.54, 1.807) is 30.6 Å². The normalized spacial score (nSPS) is 13.1. The second-order valence-electron chi connectivity index (χ2n) is 6.80. The van der Waals surface area contributed by atoms with E-state index in [2.05, 4.69) is 10.3 Å². The van der Waals surface area contributed by atoms with E-state index in [0.717, 1.165) is 17.2 Å². The van der Waals surface area contributed by atoms with Gasteiger partial charge in [0, 0.05) is 35.8 Å². The van der Waals surface area contributed by atoms with Gasteiger partial charge < -0.3 is 10.1 Å². The monoisotopic (exact) mass is 413 g/mol. The van der Waals surface area contributed by atoms with Crippen LogP contribution in [0.3, 0.4) is 0 Å². The molecule has 2 heterocycles. The summed E-state index contributed by atoms with van der Waals surface area (Å²) < 4.78 is 45.2. The van der Waals surface area contributed by atoms with Crippen LogP contribution in [0.2, 0.25) is 0 Å². The number of carbonyl (C=O) groups is 1. The molecular weight excluding hydrogens is 395 g/mol. The molecule has 2 aromatic carbocycles. The Labute approximate surface area is 171 Å². The number of rotatable bonds is 3. The van der Waals surface area contributed by atoms with Crippen molar-refractivity contribution in [1.29, 1.82) is 0 Å². The number of fused-ring (bicyclic) bond motifs is 1. The summed E-state index contributed by atoms with van der Waals surface area (Å²) in [5, 5.41) is 2.83. The van der Waals surface area contributed by atoms with Crippen LogP contribution < -0.4 is 15.0 Å². The van der Waals surface area contributed by atoms with Crippen molar-refractivity contribution in [1.82, 2.24) is 4.98 Å². The molecule has 3 aromatic rings. The first kappa shape index (κ1) is 19.8. The Morgan fingerprint density at radius 1 is 1.17 bits per heavy atom. The first-order valence-corrected chi connectivity index (χ1v) is 9.24. The Kier molecular flexibility index (Phi) is 5.07. The van der Waals surface area contributed by atoms with Crippen LogP contribution in [-0.2, 0) is 12.6 Å². The molecular formula is C22H18F3N3O2. The van der Waals surface area contributed by atoms with Crippen LogP contribution in [0.4, 0.5) is 29.3 Å². The minimum Gasteiger partial charge on any atom is -0.496 e. The van der Waals surface area contributed by atoms with Gasteiger partial charge in [0.2, 0.25) is 0 Å². The van der Waals surface area contributed by atoms with Gasteiger partial charge in [-0.05, 0) is 36.2 Å². The van der Waals surface area contributed by atoms with Crippen LogP contribution in [0, 0.1) is 0 Å². The van der Waals surface area contributed by atoms with Crippen LogP contribution in [0.5, 0.6) is 5.75 Å². The third-order valence-corrected chi connectivity index (χ3v) is 4.99. The maximum atomic E-state index is 13.4. The Hall–Kier alpha value is -3.55. The number of methoxy groups -OCH3 is 1. The molecule has 0 bridgehead atoms. The van der Waals surface area contributed by atoms with Crippen molar-refractivity contribution in [3.63, 3.8) is 0 Å². The number of alkyl halides is 3. The van der Waals surface area contributed by atoms with Crippen molar-refractivity contribution in [2.75, 3.05) is 23.9 Å². The number of pyridine rings is 1. The van der Waals surface area contributed by atoms with Crippen LogP contribution >= 0.6 is 0 Å². The molecule has 8 heteroatoms. The zero-order valence-electron chi connectivity index (χ0n) is 16.0. The molecule has 1 aliphatic heterocycles. The lowest BCUT2D eigenvalue weighted by Gasteiger charge is -2.21.